The zero-order valence-corrected chi connectivity index (χ0v) is 22.3. The van der Waals surface area contributed by atoms with Gasteiger partial charge in [-0.05, 0) is 105 Å². The van der Waals surface area contributed by atoms with E-state index in [0.29, 0.717) is 29.1 Å². The highest BCUT2D eigenvalue weighted by Crippen LogP contribution is 2.60. The van der Waals surface area contributed by atoms with E-state index in [1.807, 2.05) is 0 Å². The summed E-state index contributed by atoms with van der Waals surface area (Å²) in [6, 6.07) is 8.60. The van der Waals surface area contributed by atoms with Crippen molar-refractivity contribution in [2.45, 2.75) is 104 Å². The van der Waals surface area contributed by atoms with Crippen molar-refractivity contribution in [2.75, 3.05) is 6.61 Å². The Bertz CT molecular complexity index is 955. The van der Waals surface area contributed by atoms with Crippen molar-refractivity contribution >= 4 is 0 Å². The number of aliphatic hydroxyl groups is 2. The van der Waals surface area contributed by atoms with Gasteiger partial charge < -0.3 is 14.9 Å². The molecule has 1 spiro atoms. The molecule has 3 unspecified atom stereocenters. The maximum atomic E-state index is 10.6. The van der Waals surface area contributed by atoms with Crippen LogP contribution in [0.1, 0.15) is 97.0 Å². The van der Waals surface area contributed by atoms with Gasteiger partial charge in [-0.2, -0.15) is 0 Å². The number of hydrogen-bond acceptors (Lipinski definition) is 3. The van der Waals surface area contributed by atoms with E-state index in [-0.39, 0.29) is 17.6 Å². The Morgan fingerprint density at radius 1 is 1.03 bits per heavy atom. The molecule has 3 heteroatoms. The Kier molecular flexibility index (Phi) is 6.96. The summed E-state index contributed by atoms with van der Waals surface area (Å²) in [5.41, 5.74) is 4.32. The summed E-state index contributed by atoms with van der Waals surface area (Å²) in [6.45, 7) is 10.2. The van der Waals surface area contributed by atoms with E-state index in [0.717, 1.165) is 38.0 Å². The quantitative estimate of drug-likeness (QED) is 0.455. The lowest BCUT2D eigenvalue weighted by Crippen LogP contribution is -2.39. The van der Waals surface area contributed by atoms with Gasteiger partial charge in [-0.25, -0.2) is 0 Å². The molecular formula is C32H46O3. The van der Waals surface area contributed by atoms with E-state index in [2.05, 4.69) is 64.1 Å². The van der Waals surface area contributed by atoms with Gasteiger partial charge in [-0.15, -0.1) is 0 Å². The van der Waals surface area contributed by atoms with Gasteiger partial charge >= 0.3 is 0 Å². The Morgan fingerprint density at radius 2 is 1.77 bits per heavy atom. The normalized spacial score (nSPS) is 35.9. The van der Waals surface area contributed by atoms with Crippen molar-refractivity contribution in [3.05, 3.63) is 53.1 Å². The van der Waals surface area contributed by atoms with E-state index in [4.69, 9.17) is 4.74 Å². The van der Waals surface area contributed by atoms with Crippen LogP contribution in [0.5, 0.6) is 5.75 Å². The lowest BCUT2D eigenvalue weighted by molar-refractivity contribution is -0.0225. The van der Waals surface area contributed by atoms with Crippen molar-refractivity contribution in [3.63, 3.8) is 0 Å². The van der Waals surface area contributed by atoms with Crippen molar-refractivity contribution in [1.82, 2.24) is 0 Å². The highest BCUT2D eigenvalue weighted by molar-refractivity contribution is 5.31. The molecule has 0 heterocycles. The molecule has 0 radical (unpaired) electrons. The number of ether oxygens (including phenoxy) is 1. The van der Waals surface area contributed by atoms with E-state index in [1.54, 1.807) is 5.57 Å². The molecule has 5 rings (SSSR count). The summed E-state index contributed by atoms with van der Waals surface area (Å²) in [5.74, 6) is 3.39. The van der Waals surface area contributed by atoms with Crippen LogP contribution in [0, 0.1) is 28.6 Å². The van der Waals surface area contributed by atoms with Crippen LogP contribution < -0.4 is 4.74 Å². The topological polar surface area (TPSA) is 49.7 Å². The Hall–Kier alpha value is -1.58. The molecule has 2 N–H and O–H groups in total. The lowest BCUT2D eigenvalue weighted by Gasteiger charge is -2.44. The second-order valence-corrected chi connectivity index (χ2v) is 12.9. The molecule has 4 aliphatic carbocycles. The first-order valence-electron chi connectivity index (χ1n) is 14.2. The predicted octanol–water partition coefficient (Wildman–Crippen LogP) is 7.19. The standard InChI is InChI=1S/C32H46O3/c1-21(2)25-7-5-9-26(19-25)35-20-22(3)27-12-13-28-24(8-6-14-31(27,28)4)11-10-23-17-29(33)32(15-16-32)30(34)18-23/h5,7,9-11,19,21-22,27-30,33-34H,6,8,12-18,20H2,1-4H3/b24-11+/t22-,27?,28?,29+,30+,31?/m0/s1. The first kappa shape index (κ1) is 25.1. The molecule has 1 aromatic rings. The summed E-state index contributed by atoms with van der Waals surface area (Å²) in [4.78, 5) is 0. The highest BCUT2D eigenvalue weighted by atomic mass is 16.5. The molecule has 0 aliphatic heterocycles. The largest absolute Gasteiger partial charge is 0.493 e. The minimum absolute atomic E-state index is 0.180. The second-order valence-electron chi connectivity index (χ2n) is 12.9. The van der Waals surface area contributed by atoms with E-state index >= 15 is 0 Å². The van der Waals surface area contributed by atoms with Crippen LogP contribution in [0.4, 0.5) is 0 Å². The van der Waals surface area contributed by atoms with Crippen LogP contribution in [-0.4, -0.2) is 29.0 Å². The van der Waals surface area contributed by atoms with Gasteiger partial charge in [0, 0.05) is 5.41 Å². The second kappa shape index (κ2) is 9.71. The SMILES string of the molecule is CC(C)c1cccc(OC[C@H](C)C2CCC3/C(=C/C=C4C[C@@H](O)C5(CC5)[C@H](O)C4)CCCC32C)c1. The van der Waals surface area contributed by atoms with Crippen molar-refractivity contribution in [1.29, 1.82) is 0 Å². The number of fused-ring (bicyclic) bond motifs is 1. The van der Waals surface area contributed by atoms with Gasteiger partial charge in [0.15, 0.2) is 0 Å². The first-order valence-corrected chi connectivity index (χ1v) is 14.2. The monoisotopic (exact) mass is 478 g/mol. The molecule has 4 saturated carbocycles. The van der Waals surface area contributed by atoms with Gasteiger partial charge in [-0.3, -0.25) is 0 Å². The maximum Gasteiger partial charge on any atom is 0.119 e. The smallest absolute Gasteiger partial charge is 0.119 e. The number of allylic oxidation sites excluding steroid dienone is 3. The number of benzene rings is 1. The van der Waals surface area contributed by atoms with Gasteiger partial charge in [0.05, 0.1) is 18.8 Å². The van der Waals surface area contributed by atoms with Crippen LogP contribution in [0.15, 0.2) is 47.6 Å². The summed E-state index contributed by atoms with van der Waals surface area (Å²) < 4.78 is 6.32. The van der Waals surface area contributed by atoms with Crippen molar-refractivity contribution < 1.29 is 14.9 Å². The Morgan fingerprint density at radius 3 is 2.46 bits per heavy atom. The molecule has 192 valence electrons. The molecule has 0 amide bonds. The van der Waals surface area contributed by atoms with E-state index in [9.17, 15) is 10.2 Å². The predicted molar refractivity (Wildman–Crippen MR) is 142 cm³/mol. The van der Waals surface area contributed by atoms with Gasteiger partial charge in [-0.1, -0.05) is 63.1 Å². The summed E-state index contributed by atoms with van der Waals surface area (Å²) >= 11 is 0. The van der Waals surface area contributed by atoms with Gasteiger partial charge in [0.2, 0.25) is 0 Å². The molecule has 0 saturated heterocycles. The average molecular weight is 479 g/mol. The van der Waals surface area contributed by atoms with E-state index in [1.165, 1.54) is 43.2 Å². The third-order valence-corrected chi connectivity index (χ3v) is 10.4. The van der Waals surface area contributed by atoms with Crippen LogP contribution in [0.2, 0.25) is 0 Å². The number of aliphatic hydroxyl groups excluding tert-OH is 2. The minimum Gasteiger partial charge on any atom is -0.493 e. The van der Waals surface area contributed by atoms with Crippen molar-refractivity contribution in [3.8, 4) is 5.75 Å². The zero-order valence-electron chi connectivity index (χ0n) is 22.3. The third kappa shape index (κ3) is 4.76. The summed E-state index contributed by atoms with van der Waals surface area (Å²) in [5, 5.41) is 21.2. The van der Waals surface area contributed by atoms with Crippen LogP contribution in [0.25, 0.3) is 0 Å². The Balaban J connectivity index is 1.24. The fourth-order valence-corrected chi connectivity index (χ4v) is 7.90. The van der Waals surface area contributed by atoms with Gasteiger partial charge in [0.25, 0.3) is 0 Å². The third-order valence-electron chi connectivity index (χ3n) is 10.4. The van der Waals surface area contributed by atoms with Crippen LogP contribution in [-0.2, 0) is 0 Å². The molecule has 3 nitrogen and oxygen atoms in total. The number of hydrogen-bond donors (Lipinski definition) is 2. The Labute approximate surface area is 212 Å². The van der Waals surface area contributed by atoms with Crippen molar-refractivity contribution in [2.24, 2.45) is 28.6 Å². The fourth-order valence-electron chi connectivity index (χ4n) is 7.90. The molecule has 6 atom stereocenters. The summed E-state index contributed by atoms with van der Waals surface area (Å²) in [7, 11) is 0. The minimum atomic E-state index is -0.370. The van der Waals surface area contributed by atoms with Crippen LogP contribution in [0.3, 0.4) is 0 Å². The molecule has 1 aromatic carbocycles. The maximum absolute atomic E-state index is 10.6. The average Bonchev–Trinajstić information content (AvgIpc) is 3.56. The molecule has 0 bridgehead atoms. The highest BCUT2D eigenvalue weighted by Gasteiger charge is 2.56. The molecule has 4 aliphatic rings. The molecule has 0 aromatic heterocycles. The van der Waals surface area contributed by atoms with Gasteiger partial charge in [0.1, 0.15) is 5.75 Å². The van der Waals surface area contributed by atoms with Crippen LogP contribution >= 0.6 is 0 Å². The molecular weight excluding hydrogens is 432 g/mol. The summed E-state index contributed by atoms with van der Waals surface area (Å²) in [6.07, 6.45) is 13.6. The van der Waals surface area contributed by atoms with E-state index < -0.39 is 0 Å². The molecule has 35 heavy (non-hydrogen) atoms. The fraction of sp³-hybridized carbons (Fsp3) is 0.688. The molecule has 4 fully saturated rings. The zero-order chi connectivity index (χ0) is 24.8. The lowest BCUT2D eigenvalue weighted by atomic mass is 9.61. The number of rotatable bonds is 6. The first-order chi connectivity index (χ1) is 16.7.